The Morgan fingerprint density at radius 1 is 1.24 bits per heavy atom. The minimum Gasteiger partial charge on any atom is -0.369 e. The summed E-state index contributed by atoms with van der Waals surface area (Å²) in [4.78, 5) is 31.4. The third-order valence-electron chi connectivity index (χ3n) is 5.51. The molecule has 1 aromatic heterocycles. The van der Waals surface area contributed by atoms with Gasteiger partial charge in [0.05, 0.1) is 17.0 Å². The SMILES string of the molecule is Cc1ccc2nc3c(c(C(=O)N4CC[C@@H](C(N)=O)C4)c2c1)CCCC3. The number of carbonyl (C=O) groups excluding carboxylic acids is 2. The van der Waals surface area contributed by atoms with Crippen LogP contribution in [0.1, 0.15) is 46.4 Å². The second-order valence-electron chi connectivity index (χ2n) is 7.28. The van der Waals surface area contributed by atoms with Crippen molar-refractivity contribution in [2.24, 2.45) is 11.7 Å². The van der Waals surface area contributed by atoms with E-state index in [0.29, 0.717) is 19.5 Å². The zero-order chi connectivity index (χ0) is 17.6. The zero-order valence-corrected chi connectivity index (χ0v) is 14.5. The Bertz CT molecular complexity index is 875. The first kappa shape index (κ1) is 16.1. The average molecular weight is 337 g/mol. The van der Waals surface area contributed by atoms with E-state index in [1.807, 2.05) is 19.1 Å². The Kier molecular flexibility index (Phi) is 3.94. The Morgan fingerprint density at radius 3 is 2.80 bits per heavy atom. The van der Waals surface area contributed by atoms with Crippen LogP contribution in [0.5, 0.6) is 0 Å². The van der Waals surface area contributed by atoms with Crippen LogP contribution in [-0.4, -0.2) is 34.8 Å². The van der Waals surface area contributed by atoms with Gasteiger partial charge in [-0.3, -0.25) is 14.6 Å². The Balaban J connectivity index is 1.83. The third kappa shape index (κ3) is 2.77. The summed E-state index contributed by atoms with van der Waals surface area (Å²) in [6.07, 6.45) is 4.71. The van der Waals surface area contributed by atoms with Gasteiger partial charge in [-0.1, -0.05) is 11.6 Å². The van der Waals surface area contributed by atoms with Crippen molar-refractivity contribution in [3.63, 3.8) is 0 Å². The molecule has 5 heteroatoms. The molecule has 2 N–H and O–H groups in total. The molecule has 2 aromatic rings. The molecule has 130 valence electrons. The van der Waals surface area contributed by atoms with Gasteiger partial charge < -0.3 is 10.6 Å². The Hall–Kier alpha value is -2.43. The number of amides is 2. The van der Waals surface area contributed by atoms with Crippen LogP contribution in [0.4, 0.5) is 0 Å². The van der Waals surface area contributed by atoms with Gasteiger partial charge in [-0.25, -0.2) is 0 Å². The van der Waals surface area contributed by atoms with Crippen molar-refractivity contribution < 1.29 is 9.59 Å². The first-order valence-corrected chi connectivity index (χ1v) is 9.05. The lowest BCUT2D eigenvalue weighted by Crippen LogP contribution is -2.33. The lowest BCUT2D eigenvalue weighted by atomic mass is 9.89. The van der Waals surface area contributed by atoms with Crippen LogP contribution in [-0.2, 0) is 17.6 Å². The number of rotatable bonds is 2. The van der Waals surface area contributed by atoms with Gasteiger partial charge in [0.2, 0.25) is 5.91 Å². The van der Waals surface area contributed by atoms with Crippen molar-refractivity contribution >= 4 is 22.7 Å². The first-order valence-electron chi connectivity index (χ1n) is 9.05. The maximum absolute atomic E-state index is 13.4. The number of hydrogen-bond acceptors (Lipinski definition) is 3. The second kappa shape index (κ2) is 6.14. The number of aromatic nitrogens is 1. The summed E-state index contributed by atoms with van der Waals surface area (Å²) in [5.74, 6) is -0.512. The predicted octanol–water partition coefficient (Wildman–Crippen LogP) is 2.37. The number of primary amides is 1. The maximum atomic E-state index is 13.4. The fourth-order valence-electron chi connectivity index (χ4n) is 4.12. The number of pyridine rings is 1. The minimum atomic E-state index is -0.312. The van der Waals surface area contributed by atoms with Crippen molar-refractivity contribution in [3.05, 3.63) is 40.6 Å². The predicted molar refractivity (Wildman–Crippen MR) is 96.3 cm³/mol. The van der Waals surface area contributed by atoms with Gasteiger partial charge in [0.1, 0.15) is 0 Å². The van der Waals surface area contributed by atoms with Crippen molar-refractivity contribution in [2.75, 3.05) is 13.1 Å². The number of nitrogens with two attached hydrogens (primary N) is 1. The Morgan fingerprint density at radius 2 is 2.04 bits per heavy atom. The number of nitrogens with zero attached hydrogens (tertiary/aromatic N) is 2. The molecule has 0 bridgehead atoms. The van der Waals surface area contributed by atoms with Crippen molar-refractivity contribution in [3.8, 4) is 0 Å². The number of fused-ring (bicyclic) bond motifs is 2. The lowest BCUT2D eigenvalue weighted by Gasteiger charge is -2.24. The van der Waals surface area contributed by atoms with E-state index in [9.17, 15) is 9.59 Å². The molecule has 0 radical (unpaired) electrons. The highest BCUT2D eigenvalue weighted by atomic mass is 16.2. The Labute approximate surface area is 147 Å². The fourth-order valence-corrected chi connectivity index (χ4v) is 4.12. The molecule has 1 aliphatic carbocycles. The number of carbonyl (C=O) groups is 2. The molecule has 1 atom stereocenters. The summed E-state index contributed by atoms with van der Waals surface area (Å²) in [6, 6.07) is 6.11. The van der Waals surface area contributed by atoms with E-state index in [-0.39, 0.29) is 17.7 Å². The van der Waals surface area contributed by atoms with Crippen LogP contribution in [0.25, 0.3) is 10.9 Å². The molecule has 2 amide bonds. The van der Waals surface area contributed by atoms with Crippen molar-refractivity contribution in [1.29, 1.82) is 0 Å². The number of hydrogen-bond donors (Lipinski definition) is 1. The van der Waals surface area contributed by atoms with E-state index in [0.717, 1.165) is 59.0 Å². The lowest BCUT2D eigenvalue weighted by molar-refractivity contribution is -0.121. The summed E-state index contributed by atoms with van der Waals surface area (Å²) in [7, 11) is 0. The van der Waals surface area contributed by atoms with Gasteiger partial charge >= 0.3 is 0 Å². The first-order chi connectivity index (χ1) is 12.0. The molecule has 2 heterocycles. The summed E-state index contributed by atoms with van der Waals surface area (Å²) in [6.45, 7) is 3.06. The van der Waals surface area contributed by atoms with Crippen LogP contribution in [0.3, 0.4) is 0 Å². The second-order valence-corrected chi connectivity index (χ2v) is 7.28. The summed E-state index contributed by atoms with van der Waals surface area (Å²) in [5, 5.41) is 0.938. The third-order valence-corrected chi connectivity index (χ3v) is 5.51. The standard InChI is InChI=1S/C20H23N3O2/c1-12-6-7-17-15(10-12)18(14-4-2-3-5-16(14)22-17)20(25)23-9-8-13(11-23)19(21)24/h6-7,10,13H,2-5,8-9,11H2,1H3,(H2,21,24)/t13-/m1/s1. The molecular weight excluding hydrogens is 314 g/mol. The molecule has 1 aliphatic heterocycles. The fraction of sp³-hybridized carbons (Fsp3) is 0.450. The van der Waals surface area contributed by atoms with Crippen LogP contribution < -0.4 is 5.73 Å². The van der Waals surface area contributed by atoms with Gasteiger partial charge in [-0.05, 0) is 56.7 Å². The van der Waals surface area contributed by atoms with E-state index in [1.165, 1.54) is 0 Å². The smallest absolute Gasteiger partial charge is 0.254 e. The van der Waals surface area contributed by atoms with Gasteiger partial charge in [0.15, 0.2) is 0 Å². The van der Waals surface area contributed by atoms with Crippen molar-refractivity contribution in [1.82, 2.24) is 9.88 Å². The van der Waals surface area contributed by atoms with E-state index >= 15 is 0 Å². The number of benzene rings is 1. The molecule has 0 saturated carbocycles. The monoisotopic (exact) mass is 337 g/mol. The zero-order valence-electron chi connectivity index (χ0n) is 14.5. The molecule has 4 rings (SSSR count). The van der Waals surface area contributed by atoms with Gasteiger partial charge in [-0.2, -0.15) is 0 Å². The highest BCUT2D eigenvalue weighted by molar-refractivity contribution is 6.08. The average Bonchev–Trinajstić information content (AvgIpc) is 3.10. The van der Waals surface area contributed by atoms with Gasteiger partial charge in [0.25, 0.3) is 5.91 Å². The molecule has 0 spiro atoms. The largest absolute Gasteiger partial charge is 0.369 e. The van der Waals surface area contributed by atoms with Gasteiger partial charge in [0, 0.05) is 24.2 Å². The topological polar surface area (TPSA) is 76.3 Å². The molecule has 25 heavy (non-hydrogen) atoms. The van der Waals surface area contributed by atoms with Crippen LogP contribution in [0, 0.1) is 12.8 Å². The summed E-state index contributed by atoms with van der Waals surface area (Å²) < 4.78 is 0. The minimum absolute atomic E-state index is 0.0277. The normalized spacial score (nSPS) is 19.9. The van der Waals surface area contributed by atoms with E-state index < -0.39 is 0 Å². The molecule has 5 nitrogen and oxygen atoms in total. The molecule has 0 unspecified atom stereocenters. The van der Waals surface area contributed by atoms with E-state index in [2.05, 4.69) is 6.07 Å². The molecule has 2 aliphatic rings. The summed E-state index contributed by atoms with van der Waals surface area (Å²) in [5.41, 5.74) is 10.4. The van der Waals surface area contributed by atoms with Crippen LogP contribution in [0.2, 0.25) is 0 Å². The number of likely N-dealkylation sites (tertiary alicyclic amines) is 1. The molecule has 1 saturated heterocycles. The quantitative estimate of drug-likeness (QED) is 0.914. The maximum Gasteiger partial charge on any atom is 0.254 e. The van der Waals surface area contributed by atoms with Crippen LogP contribution >= 0.6 is 0 Å². The molecule has 1 fully saturated rings. The molecule has 1 aromatic carbocycles. The highest BCUT2D eigenvalue weighted by Gasteiger charge is 2.33. The van der Waals surface area contributed by atoms with E-state index in [4.69, 9.17) is 10.7 Å². The molecular formula is C20H23N3O2. The summed E-state index contributed by atoms with van der Waals surface area (Å²) >= 11 is 0. The van der Waals surface area contributed by atoms with Gasteiger partial charge in [-0.15, -0.1) is 0 Å². The van der Waals surface area contributed by atoms with Crippen molar-refractivity contribution in [2.45, 2.75) is 39.0 Å². The van der Waals surface area contributed by atoms with E-state index in [1.54, 1.807) is 4.90 Å². The highest BCUT2D eigenvalue weighted by Crippen LogP contribution is 2.32. The number of aryl methyl sites for hydroxylation is 2. The van der Waals surface area contributed by atoms with Crippen LogP contribution in [0.15, 0.2) is 18.2 Å².